The third kappa shape index (κ3) is 3.46. The van der Waals surface area contributed by atoms with Crippen LogP contribution in [-0.2, 0) is 0 Å². The van der Waals surface area contributed by atoms with E-state index in [4.69, 9.17) is 15.2 Å². The third-order valence-electron chi connectivity index (χ3n) is 2.68. The summed E-state index contributed by atoms with van der Waals surface area (Å²) in [4.78, 5) is 12.0. The third-order valence-corrected chi connectivity index (χ3v) is 2.68. The lowest BCUT2D eigenvalue weighted by molar-refractivity contribution is 0.0970. The number of rotatable bonds is 6. The van der Waals surface area contributed by atoms with Crippen LogP contribution >= 0.6 is 0 Å². The highest BCUT2D eigenvalue weighted by atomic mass is 16.5. The van der Waals surface area contributed by atoms with Crippen molar-refractivity contribution in [3.05, 3.63) is 23.8 Å². The van der Waals surface area contributed by atoms with E-state index in [0.29, 0.717) is 23.5 Å². The van der Waals surface area contributed by atoms with Gasteiger partial charge in [0.25, 0.3) is 0 Å². The summed E-state index contributed by atoms with van der Waals surface area (Å²) in [6.45, 7) is 1.96. The van der Waals surface area contributed by atoms with Gasteiger partial charge in [0.15, 0.2) is 5.78 Å². The molecule has 0 aliphatic carbocycles. The van der Waals surface area contributed by atoms with Gasteiger partial charge in [0.2, 0.25) is 0 Å². The number of carbonyl (C=O) groups excluding carboxylic acids is 1. The first-order chi connectivity index (χ1) is 8.12. The lowest BCUT2D eigenvalue weighted by Crippen LogP contribution is -2.23. The lowest BCUT2D eigenvalue weighted by atomic mass is 10.0. The summed E-state index contributed by atoms with van der Waals surface area (Å²) < 4.78 is 10.3. The highest BCUT2D eigenvalue weighted by Gasteiger charge is 2.15. The molecule has 0 amide bonds. The van der Waals surface area contributed by atoms with Gasteiger partial charge >= 0.3 is 0 Å². The molecule has 0 aromatic heterocycles. The fourth-order valence-electron chi connectivity index (χ4n) is 1.52. The van der Waals surface area contributed by atoms with E-state index in [1.165, 1.54) is 0 Å². The largest absolute Gasteiger partial charge is 0.497 e. The van der Waals surface area contributed by atoms with E-state index in [1.807, 2.05) is 6.92 Å². The van der Waals surface area contributed by atoms with Gasteiger partial charge in [-0.15, -0.1) is 0 Å². The van der Waals surface area contributed by atoms with Crippen molar-refractivity contribution in [2.24, 2.45) is 5.73 Å². The van der Waals surface area contributed by atoms with Crippen molar-refractivity contribution in [2.75, 3.05) is 14.2 Å². The van der Waals surface area contributed by atoms with Gasteiger partial charge in [-0.3, -0.25) is 4.79 Å². The van der Waals surface area contributed by atoms with Crippen LogP contribution in [0.15, 0.2) is 18.2 Å². The van der Waals surface area contributed by atoms with E-state index in [-0.39, 0.29) is 11.8 Å². The Morgan fingerprint density at radius 3 is 2.59 bits per heavy atom. The van der Waals surface area contributed by atoms with Crippen LogP contribution < -0.4 is 15.2 Å². The van der Waals surface area contributed by atoms with Gasteiger partial charge < -0.3 is 15.2 Å². The average molecular weight is 237 g/mol. The molecule has 17 heavy (non-hydrogen) atoms. The fourth-order valence-corrected chi connectivity index (χ4v) is 1.52. The van der Waals surface area contributed by atoms with Crippen LogP contribution in [0.3, 0.4) is 0 Å². The van der Waals surface area contributed by atoms with E-state index in [0.717, 1.165) is 6.42 Å². The second-order valence-electron chi connectivity index (χ2n) is 3.86. The molecule has 0 saturated heterocycles. The van der Waals surface area contributed by atoms with Crippen LogP contribution in [-0.4, -0.2) is 26.0 Å². The summed E-state index contributed by atoms with van der Waals surface area (Å²) >= 11 is 0. The Labute approximate surface area is 102 Å². The second kappa shape index (κ2) is 6.25. The summed E-state index contributed by atoms with van der Waals surface area (Å²) in [5.41, 5.74) is 6.30. The van der Waals surface area contributed by atoms with Gasteiger partial charge in [0.1, 0.15) is 11.5 Å². The second-order valence-corrected chi connectivity index (χ2v) is 3.86. The molecule has 0 bridgehead atoms. The Kier molecular flexibility index (Phi) is 4.97. The van der Waals surface area contributed by atoms with Crippen molar-refractivity contribution >= 4 is 5.78 Å². The molecule has 94 valence electrons. The van der Waals surface area contributed by atoms with Gasteiger partial charge in [-0.05, 0) is 24.6 Å². The average Bonchev–Trinajstić information content (AvgIpc) is 2.37. The van der Waals surface area contributed by atoms with Crippen LogP contribution in [0.5, 0.6) is 11.5 Å². The van der Waals surface area contributed by atoms with Gasteiger partial charge in [-0.25, -0.2) is 0 Å². The van der Waals surface area contributed by atoms with Gasteiger partial charge in [0.05, 0.1) is 19.8 Å². The van der Waals surface area contributed by atoms with Crippen molar-refractivity contribution in [1.82, 2.24) is 0 Å². The molecule has 0 aliphatic rings. The minimum atomic E-state index is -0.113. The fraction of sp³-hybridized carbons (Fsp3) is 0.462. The number of nitrogens with two attached hydrogens (primary N) is 1. The maximum absolute atomic E-state index is 12.0. The summed E-state index contributed by atoms with van der Waals surface area (Å²) in [7, 11) is 3.10. The summed E-state index contributed by atoms with van der Waals surface area (Å²) in [5, 5.41) is 0. The summed E-state index contributed by atoms with van der Waals surface area (Å²) in [6.07, 6.45) is 1.10. The number of hydrogen-bond acceptors (Lipinski definition) is 4. The van der Waals surface area contributed by atoms with Crippen molar-refractivity contribution < 1.29 is 14.3 Å². The molecular formula is C13H19NO3. The first-order valence-electron chi connectivity index (χ1n) is 5.63. The topological polar surface area (TPSA) is 61.6 Å². The minimum absolute atomic E-state index is 0.0184. The van der Waals surface area contributed by atoms with E-state index in [9.17, 15) is 4.79 Å². The summed E-state index contributed by atoms with van der Waals surface area (Å²) in [6, 6.07) is 5.06. The predicted octanol–water partition coefficient (Wildman–Crippen LogP) is 2.01. The van der Waals surface area contributed by atoms with Gasteiger partial charge in [0, 0.05) is 12.5 Å². The highest BCUT2D eigenvalue weighted by Crippen LogP contribution is 2.25. The first kappa shape index (κ1) is 13.5. The number of hydrogen-bond donors (Lipinski definition) is 1. The van der Waals surface area contributed by atoms with Crippen LogP contribution in [0.2, 0.25) is 0 Å². The number of carbonyl (C=O) groups is 1. The molecule has 1 unspecified atom stereocenters. The molecule has 0 aliphatic heterocycles. The Morgan fingerprint density at radius 1 is 1.35 bits per heavy atom. The Hall–Kier alpha value is -1.55. The van der Waals surface area contributed by atoms with E-state index >= 15 is 0 Å². The molecule has 2 N–H and O–H groups in total. The predicted molar refractivity (Wildman–Crippen MR) is 66.8 cm³/mol. The van der Waals surface area contributed by atoms with E-state index in [2.05, 4.69) is 0 Å². The molecule has 1 atom stereocenters. The zero-order valence-electron chi connectivity index (χ0n) is 10.5. The molecule has 1 rings (SSSR count). The van der Waals surface area contributed by atoms with E-state index in [1.54, 1.807) is 32.4 Å². The molecule has 0 fully saturated rings. The van der Waals surface area contributed by atoms with Crippen molar-refractivity contribution in [1.29, 1.82) is 0 Å². The maximum Gasteiger partial charge on any atom is 0.168 e. The smallest absolute Gasteiger partial charge is 0.168 e. The maximum atomic E-state index is 12.0. The molecule has 0 spiro atoms. The zero-order chi connectivity index (χ0) is 12.8. The molecular weight excluding hydrogens is 218 g/mol. The van der Waals surface area contributed by atoms with Crippen LogP contribution in [0.4, 0.5) is 0 Å². The number of methoxy groups -OCH3 is 2. The number of benzene rings is 1. The SMILES string of the molecule is CCC(N)CC(=O)c1cc(OC)ccc1OC. The molecule has 1 aromatic rings. The van der Waals surface area contributed by atoms with Gasteiger partial charge in [-0.1, -0.05) is 6.92 Å². The minimum Gasteiger partial charge on any atom is -0.497 e. The normalized spacial score (nSPS) is 12.0. The van der Waals surface area contributed by atoms with Crippen LogP contribution in [0, 0.1) is 0 Å². The molecule has 0 heterocycles. The number of ether oxygens (including phenoxy) is 2. The van der Waals surface area contributed by atoms with Crippen molar-refractivity contribution in [2.45, 2.75) is 25.8 Å². The quantitative estimate of drug-likeness (QED) is 0.769. The molecule has 4 heteroatoms. The molecule has 1 aromatic carbocycles. The lowest BCUT2D eigenvalue weighted by Gasteiger charge is -2.12. The molecule has 0 saturated carbocycles. The Balaban J connectivity index is 2.97. The monoisotopic (exact) mass is 237 g/mol. The standard InChI is InChI=1S/C13H19NO3/c1-4-9(14)7-12(15)11-8-10(16-2)5-6-13(11)17-3/h5-6,8-9H,4,7,14H2,1-3H3. The number of ketones is 1. The summed E-state index contributed by atoms with van der Waals surface area (Å²) in [5.74, 6) is 1.17. The van der Waals surface area contributed by atoms with Crippen molar-refractivity contribution in [3.8, 4) is 11.5 Å². The molecule has 4 nitrogen and oxygen atoms in total. The van der Waals surface area contributed by atoms with Crippen LogP contribution in [0.1, 0.15) is 30.1 Å². The Bertz CT molecular complexity index is 390. The van der Waals surface area contributed by atoms with Crippen molar-refractivity contribution in [3.63, 3.8) is 0 Å². The molecule has 0 radical (unpaired) electrons. The Morgan fingerprint density at radius 2 is 2.06 bits per heavy atom. The van der Waals surface area contributed by atoms with E-state index < -0.39 is 0 Å². The number of Topliss-reactive ketones (excluding diaryl/α,β-unsaturated/α-hetero) is 1. The first-order valence-corrected chi connectivity index (χ1v) is 5.63. The highest BCUT2D eigenvalue weighted by molar-refractivity contribution is 5.99. The zero-order valence-corrected chi connectivity index (χ0v) is 10.5. The van der Waals surface area contributed by atoms with Gasteiger partial charge in [-0.2, -0.15) is 0 Å². The van der Waals surface area contributed by atoms with Crippen LogP contribution in [0.25, 0.3) is 0 Å².